The molecule has 1 aromatic carbocycles. The molecule has 0 fully saturated rings. The van der Waals surface area contributed by atoms with Gasteiger partial charge in [0.1, 0.15) is 5.82 Å². The Labute approximate surface area is 95.9 Å². The standard InChI is InChI=1S/C12H10FNO3/c1-14-11-7(3-2-4-9(11)13)5-8(12(14)17)6-10(15)16/h2-5H,6H2,1H3,(H,15,16). The quantitative estimate of drug-likeness (QED) is 0.853. The normalized spacial score (nSPS) is 10.7. The molecule has 4 nitrogen and oxygen atoms in total. The monoisotopic (exact) mass is 235 g/mol. The maximum Gasteiger partial charge on any atom is 0.308 e. The lowest BCUT2D eigenvalue weighted by Crippen LogP contribution is -2.23. The first-order valence-electron chi connectivity index (χ1n) is 4.99. The summed E-state index contributed by atoms with van der Waals surface area (Å²) in [5, 5.41) is 9.20. The first kappa shape index (κ1) is 11.3. The summed E-state index contributed by atoms with van der Waals surface area (Å²) in [4.78, 5) is 22.4. The fourth-order valence-electron chi connectivity index (χ4n) is 1.86. The van der Waals surface area contributed by atoms with Crippen LogP contribution in [0.1, 0.15) is 5.56 Å². The van der Waals surface area contributed by atoms with Crippen LogP contribution in [0.3, 0.4) is 0 Å². The van der Waals surface area contributed by atoms with Crippen LogP contribution in [0.2, 0.25) is 0 Å². The Morgan fingerprint density at radius 2 is 2.18 bits per heavy atom. The molecule has 1 aromatic heterocycles. The van der Waals surface area contributed by atoms with E-state index < -0.39 is 17.3 Å². The Morgan fingerprint density at radius 1 is 1.47 bits per heavy atom. The Balaban J connectivity index is 2.80. The number of carbonyl (C=O) groups is 1. The highest BCUT2D eigenvalue weighted by molar-refractivity contribution is 5.81. The topological polar surface area (TPSA) is 59.3 Å². The molecule has 1 N–H and O–H groups in total. The summed E-state index contributed by atoms with van der Waals surface area (Å²) >= 11 is 0. The molecule has 0 aliphatic rings. The van der Waals surface area contributed by atoms with Gasteiger partial charge < -0.3 is 9.67 Å². The molecule has 0 atom stereocenters. The van der Waals surface area contributed by atoms with Crippen LogP contribution in [0.25, 0.3) is 10.9 Å². The number of hydrogen-bond donors (Lipinski definition) is 1. The van der Waals surface area contributed by atoms with Gasteiger partial charge in [-0.05, 0) is 12.1 Å². The van der Waals surface area contributed by atoms with Crippen molar-refractivity contribution in [2.45, 2.75) is 6.42 Å². The second-order valence-corrected chi connectivity index (χ2v) is 3.78. The number of fused-ring (bicyclic) bond motifs is 1. The van der Waals surface area contributed by atoms with Gasteiger partial charge in [-0.2, -0.15) is 0 Å². The third-order valence-electron chi connectivity index (χ3n) is 2.60. The minimum atomic E-state index is -1.09. The number of hydrogen-bond acceptors (Lipinski definition) is 2. The Morgan fingerprint density at radius 3 is 2.82 bits per heavy atom. The summed E-state index contributed by atoms with van der Waals surface area (Å²) < 4.78 is 14.7. The Kier molecular flexibility index (Phi) is 2.67. The maximum absolute atomic E-state index is 13.5. The average Bonchev–Trinajstić information content (AvgIpc) is 2.24. The largest absolute Gasteiger partial charge is 0.481 e. The van der Waals surface area contributed by atoms with E-state index in [4.69, 9.17) is 5.11 Å². The smallest absolute Gasteiger partial charge is 0.308 e. The molecule has 1 heterocycles. The van der Waals surface area contributed by atoms with Crippen molar-refractivity contribution in [3.63, 3.8) is 0 Å². The number of para-hydroxylation sites is 1. The van der Waals surface area contributed by atoms with Crippen molar-refractivity contribution < 1.29 is 14.3 Å². The van der Waals surface area contributed by atoms with E-state index in [1.165, 1.54) is 25.2 Å². The summed E-state index contributed by atoms with van der Waals surface area (Å²) in [5.41, 5.74) is -0.144. The lowest BCUT2D eigenvalue weighted by molar-refractivity contribution is -0.136. The van der Waals surface area contributed by atoms with Gasteiger partial charge in [-0.3, -0.25) is 9.59 Å². The molecule has 88 valence electrons. The van der Waals surface area contributed by atoms with Gasteiger partial charge >= 0.3 is 5.97 Å². The van der Waals surface area contributed by atoms with Crippen molar-refractivity contribution in [1.29, 1.82) is 0 Å². The van der Waals surface area contributed by atoms with Crippen molar-refractivity contribution in [2.75, 3.05) is 0 Å². The number of aromatic nitrogens is 1. The average molecular weight is 235 g/mol. The second-order valence-electron chi connectivity index (χ2n) is 3.78. The van der Waals surface area contributed by atoms with Crippen LogP contribution in [0.5, 0.6) is 0 Å². The molecular formula is C12H10FNO3. The van der Waals surface area contributed by atoms with Crippen molar-refractivity contribution in [2.24, 2.45) is 7.05 Å². The highest BCUT2D eigenvalue weighted by Gasteiger charge is 2.12. The molecule has 0 saturated carbocycles. The van der Waals surface area contributed by atoms with Crippen LogP contribution in [0, 0.1) is 5.82 Å². The van der Waals surface area contributed by atoms with E-state index in [1.807, 2.05) is 0 Å². The first-order chi connectivity index (χ1) is 8.00. The third-order valence-corrected chi connectivity index (χ3v) is 2.60. The zero-order valence-corrected chi connectivity index (χ0v) is 9.11. The number of nitrogens with zero attached hydrogens (tertiary/aromatic N) is 1. The minimum Gasteiger partial charge on any atom is -0.481 e. The predicted octanol–water partition coefficient (Wildman–Crippen LogP) is 1.30. The highest BCUT2D eigenvalue weighted by Crippen LogP contribution is 2.16. The third kappa shape index (κ3) is 1.91. The summed E-state index contributed by atoms with van der Waals surface area (Å²) in [6.45, 7) is 0. The number of halogens is 1. The van der Waals surface area contributed by atoms with E-state index in [0.29, 0.717) is 5.39 Å². The molecule has 0 radical (unpaired) electrons. The van der Waals surface area contributed by atoms with Crippen LogP contribution < -0.4 is 5.56 Å². The molecular weight excluding hydrogens is 225 g/mol. The first-order valence-corrected chi connectivity index (χ1v) is 4.99. The molecule has 0 bridgehead atoms. The summed E-state index contributed by atoms with van der Waals surface area (Å²) in [6, 6.07) is 5.85. The van der Waals surface area contributed by atoms with Crippen molar-refractivity contribution in [3.8, 4) is 0 Å². The number of aliphatic carboxylic acids is 1. The predicted molar refractivity (Wildman–Crippen MR) is 60.5 cm³/mol. The van der Waals surface area contributed by atoms with Gasteiger partial charge in [0.2, 0.25) is 0 Å². The number of carboxylic acids is 1. The van der Waals surface area contributed by atoms with Gasteiger partial charge in [0.25, 0.3) is 5.56 Å². The van der Waals surface area contributed by atoms with Crippen molar-refractivity contribution in [1.82, 2.24) is 4.57 Å². The molecule has 2 rings (SSSR count). The van der Waals surface area contributed by atoms with E-state index in [9.17, 15) is 14.0 Å². The molecule has 0 aliphatic heterocycles. The lowest BCUT2D eigenvalue weighted by Gasteiger charge is -2.08. The lowest BCUT2D eigenvalue weighted by atomic mass is 10.1. The van der Waals surface area contributed by atoms with Crippen LogP contribution in [-0.2, 0) is 18.3 Å². The van der Waals surface area contributed by atoms with Crippen LogP contribution >= 0.6 is 0 Å². The number of benzene rings is 1. The summed E-state index contributed by atoms with van der Waals surface area (Å²) in [6.07, 6.45) is -0.362. The van der Waals surface area contributed by atoms with E-state index in [2.05, 4.69) is 0 Å². The van der Waals surface area contributed by atoms with E-state index in [0.717, 1.165) is 4.57 Å². The summed E-state index contributed by atoms with van der Waals surface area (Å²) in [7, 11) is 1.43. The molecule has 2 aromatic rings. The molecule has 5 heteroatoms. The van der Waals surface area contributed by atoms with Crippen molar-refractivity contribution in [3.05, 3.63) is 46.0 Å². The maximum atomic E-state index is 13.5. The second kappa shape index (κ2) is 4.01. The number of pyridine rings is 1. The molecule has 0 unspecified atom stereocenters. The number of rotatable bonds is 2. The molecule has 0 aliphatic carbocycles. The zero-order chi connectivity index (χ0) is 12.6. The SMILES string of the molecule is Cn1c(=O)c(CC(=O)O)cc2cccc(F)c21. The Bertz CT molecular complexity index is 661. The minimum absolute atomic E-state index is 0.151. The van der Waals surface area contributed by atoms with Crippen molar-refractivity contribution >= 4 is 16.9 Å². The van der Waals surface area contributed by atoms with Crippen LogP contribution in [-0.4, -0.2) is 15.6 Å². The van der Waals surface area contributed by atoms with Gasteiger partial charge in [-0.15, -0.1) is 0 Å². The van der Waals surface area contributed by atoms with Gasteiger partial charge in [-0.1, -0.05) is 12.1 Å². The molecule has 0 amide bonds. The number of aryl methyl sites for hydroxylation is 1. The van der Waals surface area contributed by atoms with E-state index in [-0.39, 0.29) is 17.5 Å². The van der Waals surface area contributed by atoms with Gasteiger partial charge in [0.05, 0.1) is 11.9 Å². The van der Waals surface area contributed by atoms with Gasteiger partial charge in [-0.25, -0.2) is 4.39 Å². The molecule has 0 saturated heterocycles. The van der Waals surface area contributed by atoms with E-state index >= 15 is 0 Å². The van der Waals surface area contributed by atoms with E-state index in [1.54, 1.807) is 6.07 Å². The van der Waals surface area contributed by atoms with Gasteiger partial charge in [0.15, 0.2) is 0 Å². The summed E-state index contributed by atoms with van der Waals surface area (Å²) in [5.74, 6) is -1.58. The molecule has 17 heavy (non-hydrogen) atoms. The van der Waals surface area contributed by atoms with Crippen LogP contribution in [0.15, 0.2) is 29.1 Å². The van der Waals surface area contributed by atoms with Gasteiger partial charge in [0, 0.05) is 18.0 Å². The zero-order valence-electron chi connectivity index (χ0n) is 9.11. The molecule has 0 spiro atoms. The fourth-order valence-corrected chi connectivity index (χ4v) is 1.86. The van der Waals surface area contributed by atoms with Crippen LogP contribution in [0.4, 0.5) is 4.39 Å². The Hall–Kier alpha value is -2.17. The fraction of sp³-hybridized carbons (Fsp3) is 0.167. The number of carboxylic acid groups (broad SMARTS) is 1. The highest BCUT2D eigenvalue weighted by atomic mass is 19.1.